The number of hydrogen-bond acceptors (Lipinski definition) is 5. The van der Waals surface area contributed by atoms with Crippen molar-refractivity contribution in [1.29, 1.82) is 0 Å². The lowest BCUT2D eigenvalue weighted by Gasteiger charge is -2.26. The fourth-order valence-corrected chi connectivity index (χ4v) is 3.89. The Kier molecular flexibility index (Phi) is 6.65. The van der Waals surface area contributed by atoms with Crippen LogP contribution >= 0.6 is 0 Å². The first-order valence-corrected chi connectivity index (χ1v) is 10.8. The lowest BCUT2D eigenvalue weighted by Crippen LogP contribution is -2.30. The molecule has 4 rings (SSSR count). The fourth-order valence-electron chi connectivity index (χ4n) is 3.89. The molecule has 0 saturated heterocycles. The second-order valence-corrected chi connectivity index (χ2v) is 8.63. The molecular weight excluding hydrogens is 504 g/mol. The van der Waals surface area contributed by atoms with Crippen LogP contribution in [0.2, 0.25) is 0 Å². The number of ether oxygens (including phenoxy) is 2. The van der Waals surface area contributed by atoms with Crippen LogP contribution in [0.3, 0.4) is 0 Å². The van der Waals surface area contributed by atoms with E-state index >= 15 is 0 Å². The topological polar surface area (TPSA) is 67.0 Å². The predicted octanol–water partition coefficient (Wildman–Crippen LogP) is 5.49. The van der Waals surface area contributed by atoms with E-state index < -0.39 is 40.7 Å². The molecule has 0 aliphatic rings. The molecule has 2 heterocycles. The number of rotatable bonds is 7. The van der Waals surface area contributed by atoms with Gasteiger partial charge in [0.2, 0.25) is 0 Å². The Hall–Kier alpha value is -4.03. The van der Waals surface area contributed by atoms with Crippen molar-refractivity contribution in [3.63, 3.8) is 0 Å². The van der Waals surface area contributed by atoms with E-state index in [0.29, 0.717) is 23.4 Å². The van der Waals surface area contributed by atoms with Gasteiger partial charge >= 0.3 is 6.18 Å². The second kappa shape index (κ2) is 9.45. The molecular formula is C24H21F6N5O2. The molecule has 0 fully saturated rings. The van der Waals surface area contributed by atoms with Crippen molar-refractivity contribution in [2.75, 3.05) is 7.11 Å². The lowest BCUT2D eigenvalue weighted by molar-refractivity contribution is -0.143. The van der Waals surface area contributed by atoms with Crippen LogP contribution in [0, 0.1) is 17.5 Å². The normalized spacial score (nSPS) is 12.2. The van der Waals surface area contributed by atoms with Gasteiger partial charge in [-0.15, -0.1) is 10.2 Å². The highest BCUT2D eigenvalue weighted by molar-refractivity contribution is 5.59. The SMILES string of the molecule is COc1ccc(Cn2ncc(-c3nnc(C(C)(C)Oc4c(F)cc(F)cc4F)n3C)c2C(F)(F)F)cc1. The molecule has 0 spiro atoms. The van der Waals surface area contributed by atoms with Crippen molar-refractivity contribution in [2.24, 2.45) is 7.05 Å². The molecule has 4 aromatic rings. The molecule has 2 aromatic carbocycles. The van der Waals surface area contributed by atoms with Crippen LogP contribution in [0.15, 0.2) is 42.6 Å². The minimum atomic E-state index is -4.79. The van der Waals surface area contributed by atoms with E-state index in [1.165, 1.54) is 32.6 Å². The van der Waals surface area contributed by atoms with Gasteiger partial charge in [-0.05, 0) is 31.5 Å². The summed E-state index contributed by atoms with van der Waals surface area (Å²) in [4.78, 5) is 0. The third-order valence-electron chi connectivity index (χ3n) is 5.57. The van der Waals surface area contributed by atoms with Crippen LogP contribution < -0.4 is 9.47 Å². The van der Waals surface area contributed by atoms with Gasteiger partial charge < -0.3 is 14.0 Å². The number of halogens is 6. The Balaban J connectivity index is 1.71. The number of benzene rings is 2. The second-order valence-electron chi connectivity index (χ2n) is 8.63. The molecule has 0 radical (unpaired) electrons. The first-order chi connectivity index (χ1) is 17.3. The van der Waals surface area contributed by atoms with Gasteiger partial charge in [0.1, 0.15) is 11.6 Å². The van der Waals surface area contributed by atoms with Crippen LogP contribution in [0.4, 0.5) is 26.3 Å². The number of alkyl halides is 3. The van der Waals surface area contributed by atoms with Crippen LogP contribution in [-0.4, -0.2) is 31.7 Å². The van der Waals surface area contributed by atoms with Gasteiger partial charge in [0.15, 0.2) is 40.3 Å². The van der Waals surface area contributed by atoms with Crippen molar-refractivity contribution in [3.05, 3.63) is 77.1 Å². The maximum Gasteiger partial charge on any atom is 0.433 e. The zero-order valence-corrected chi connectivity index (χ0v) is 20.1. The number of nitrogens with zero attached hydrogens (tertiary/aromatic N) is 5. The van der Waals surface area contributed by atoms with Crippen molar-refractivity contribution in [1.82, 2.24) is 24.5 Å². The minimum Gasteiger partial charge on any atom is -0.497 e. The standard InChI is InChI=1S/C24H21F6N5O2/c1-23(2,37-19-17(26)9-14(25)10-18(19)27)22-33-32-21(34(22)3)16-11-31-35(20(16)24(28,29)30)12-13-5-7-15(36-4)8-6-13/h5-11H,12H2,1-4H3. The molecule has 0 aliphatic carbocycles. The van der Waals surface area contributed by atoms with Crippen LogP contribution in [-0.2, 0) is 25.4 Å². The van der Waals surface area contributed by atoms with Crippen molar-refractivity contribution in [3.8, 4) is 22.9 Å². The molecule has 0 N–H and O–H groups in total. The molecule has 2 aromatic heterocycles. The molecule has 13 heteroatoms. The molecule has 196 valence electrons. The Labute approximate surface area is 207 Å². The van der Waals surface area contributed by atoms with E-state index in [1.807, 2.05) is 0 Å². The maximum absolute atomic E-state index is 14.2. The van der Waals surface area contributed by atoms with Gasteiger partial charge in [0.05, 0.1) is 25.4 Å². The van der Waals surface area contributed by atoms with E-state index in [2.05, 4.69) is 15.3 Å². The predicted molar refractivity (Wildman–Crippen MR) is 119 cm³/mol. The fraction of sp³-hybridized carbons (Fsp3) is 0.292. The molecule has 0 aliphatic heterocycles. The van der Waals surface area contributed by atoms with Gasteiger partial charge in [-0.2, -0.15) is 18.3 Å². The molecule has 0 saturated carbocycles. The van der Waals surface area contributed by atoms with Crippen LogP contribution in [0.1, 0.15) is 30.9 Å². The summed E-state index contributed by atoms with van der Waals surface area (Å²) in [6, 6.07) is 7.38. The Morgan fingerprint density at radius 3 is 2.14 bits per heavy atom. The van der Waals surface area contributed by atoms with Gasteiger partial charge in [-0.3, -0.25) is 4.68 Å². The summed E-state index contributed by atoms with van der Waals surface area (Å²) in [6.07, 6.45) is -3.77. The average Bonchev–Trinajstić information content (AvgIpc) is 3.40. The third kappa shape index (κ3) is 5.11. The Morgan fingerprint density at radius 1 is 0.946 bits per heavy atom. The van der Waals surface area contributed by atoms with E-state index in [1.54, 1.807) is 24.3 Å². The first-order valence-electron chi connectivity index (χ1n) is 10.8. The summed E-state index contributed by atoms with van der Waals surface area (Å²) in [5, 5.41) is 11.7. The Morgan fingerprint density at radius 2 is 1.57 bits per heavy atom. The molecule has 0 bridgehead atoms. The third-order valence-corrected chi connectivity index (χ3v) is 5.57. The molecule has 0 unspecified atom stereocenters. The van der Waals surface area contributed by atoms with E-state index in [9.17, 15) is 26.3 Å². The smallest absolute Gasteiger partial charge is 0.433 e. The molecule has 0 atom stereocenters. The average molecular weight is 525 g/mol. The summed E-state index contributed by atoms with van der Waals surface area (Å²) in [7, 11) is 2.86. The minimum absolute atomic E-state index is 0.0401. The first kappa shape index (κ1) is 26.0. The monoisotopic (exact) mass is 525 g/mol. The highest BCUT2D eigenvalue weighted by atomic mass is 19.4. The quantitative estimate of drug-likeness (QED) is 0.299. The Bertz CT molecular complexity index is 1400. The highest BCUT2D eigenvalue weighted by Crippen LogP contribution is 2.38. The van der Waals surface area contributed by atoms with E-state index in [-0.39, 0.29) is 23.8 Å². The van der Waals surface area contributed by atoms with Crippen molar-refractivity contribution in [2.45, 2.75) is 32.2 Å². The van der Waals surface area contributed by atoms with Crippen molar-refractivity contribution >= 4 is 0 Å². The van der Waals surface area contributed by atoms with Gasteiger partial charge in [-0.25, -0.2) is 13.2 Å². The summed E-state index contributed by atoms with van der Waals surface area (Å²) in [5.41, 5.74) is -2.42. The van der Waals surface area contributed by atoms with Crippen LogP contribution in [0.5, 0.6) is 11.5 Å². The number of aromatic nitrogens is 5. The molecule has 0 amide bonds. The van der Waals surface area contributed by atoms with Crippen molar-refractivity contribution < 1.29 is 35.8 Å². The van der Waals surface area contributed by atoms with E-state index in [4.69, 9.17) is 9.47 Å². The largest absolute Gasteiger partial charge is 0.497 e. The maximum atomic E-state index is 14.2. The number of hydrogen-bond donors (Lipinski definition) is 0. The number of methoxy groups -OCH3 is 1. The van der Waals surface area contributed by atoms with Gasteiger partial charge in [0.25, 0.3) is 0 Å². The zero-order valence-electron chi connectivity index (χ0n) is 20.1. The van der Waals surface area contributed by atoms with E-state index in [0.717, 1.165) is 10.9 Å². The van der Waals surface area contributed by atoms with Crippen LogP contribution in [0.25, 0.3) is 11.4 Å². The lowest BCUT2D eigenvalue weighted by atomic mass is 10.1. The van der Waals surface area contributed by atoms with Gasteiger partial charge in [0, 0.05) is 19.2 Å². The molecule has 37 heavy (non-hydrogen) atoms. The van der Waals surface area contributed by atoms with Gasteiger partial charge in [-0.1, -0.05) is 12.1 Å². The summed E-state index contributed by atoms with van der Waals surface area (Å²) >= 11 is 0. The summed E-state index contributed by atoms with van der Waals surface area (Å²) in [5.74, 6) is -4.24. The summed E-state index contributed by atoms with van der Waals surface area (Å²) in [6.45, 7) is 2.60. The highest BCUT2D eigenvalue weighted by Gasteiger charge is 2.41. The summed E-state index contributed by atoms with van der Waals surface area (Å²) < 4.78 is 96.5. The zero-order chi connectivity index (χ0) is 27.1. The molecule has 7 nitrogen and oxygen atoms in total.